The standard InChI is InChI=1S/C12H14ClN3O/c1-9(13)6-12(15-8-14)16-10-4-3-5-11(7-10)17-2/h3-8,16H,1H2,2H3,(H2,14,15)/b12-6+. The number of halogens is 1. The molecule has 0 heterocycles. The zero-order valence-electron chi connectivity index (χ0n) is 9.48. The number of nitrogens with two attached hydrogens (primary N) is 1. The van der Waals surface area contributed by atoms with Crippen molar-refractivity contribution in [3.8, 4) is 5.75 Å². The molecule has 0 spiro atoms. The second-order valence-electron chi connectivity index (χ2n) is 3.11. The van der Waals surface area contributed by atoms with Gasteiger partial charge in [-0.15, -0.1) is 0 Å². The Morgan fingerprint density at radius 3 is 2.94 bits per heavy atom. The van der Waals surface area contributed by atoms with E-state index in [1.165, 1.54) is 6.34 Å². The van der Waals surface area contributed by atoms with Crippen LogP contribution in [0.25, 0.3) is 0 Å². The molecule has 0 bridgehead atoms. The number of nitrogens with zero attached hydrogens (tertiary/aromatic N) is 1. The van der Waals surface area contributed by atoms with Crippen LogP contribution in [0.15, 0.2) is 52.8 Å². The van der Waals surface area contributed by atoms with Crippen LogP contribution in [-0.4, -0.2) is 13.4 Å². The van der Waals surface area contributed by atoms with Crippen LogP contribution in [0.1, 0.15) is 0 Å². The van der Waals surface area contributed by atoms with Crippen LogP contribution in [0, 0.1) is 0 Å². The van der Waals surface area contributed by atoms with Gasteiger partial charge in [-0.3, -0.25) is 0 Å². The molecule has 1 rings (SSSR count). The van der Waals surface area contributed by atoms with Gasteiger partial charge in [-0.05, 0) is 18.2 Å². The maximum Gasteiger partial charge on any atom is 0.133 e. The van der Waals surface area contributed by atoms with Gasteiger partial charge >= 0.3 is 0 Å². The minimum atomic E-state index is 0.362. The molecule has 90 valence electrons. The van der Waals surface area contributed by atoms with Gasteiger partial charge in [0.15, 0.2) is 0 Å². The summed E-state index contributed by atoms with van der Waals surface area (Å²) < 4.78 is 5.11. The third kappa shape index (κ3) is 4.61. The largest absolute Gasteiger partial charge is 0.497 e. The van der Waals surface area contributed by atoms with Crippen molar-refractivity contribution in [3.05, 3.63) is 47.8 Å². The Morgan fingerprint density at radius 1 is 1.59 bits per heavy atom. The van der Waals surface area contributed by atoms with E-state index in [4.69, 9.17) is 22.1 Å². The van der Waals surface area contributed by atoms with Gasteiger partial charge in [0.25, 0.3) is 0 Å². The number of anilines is 1. The van der Waals surface area contributed by atoms with Gasteiger partial charge in [0.1, 0.15) is 11.6 Å². The highest BCUT2D eigenvalue weighted by Crippen LogP contribution is 2.19. The zero-order chi connectivity index (χ0) is 12.7. The van der Waals surface area contributed by atoms with Crippen LogP contribution in [0.3, 0.4) is 0 Å². The van der Waals surface area contributed by atoms with Gasteiger partial charge in [0.2, 0.25) is 0 Å². The van der Waals surface area contributed by atoms with E-state index in [9.17, 15) is 0 Å². The summed E-state index contributed by atoms with van der Waals surface area (Å²) in [6.45, 7) is 3.56. The van der Waals surface area contributed by atoms with Crippen LogP contribution >= 0.6 is 11.6 Å². The molecule has 1 aromatic rings. The Morgan fingerprint density at radius 2 is 2.35 bits per heavy atom. The molecule has 0 aliphatic heterocycles. The van der Waals surface area contributed by atoms with Crippen molar-refractivity contribution >= 4 is 23.6 Å². The number of hydrogen-bond acceptors (Lipinski definition) is 3. The fourth-order valence-corrected chi connectivity index (χ4v) is 1.29. The number of benzene rings is 1. The summed E-state index contributed by atoms with van der Waals surface area (Å²) in [5.74, 6) is 1.25. The van der Waals surface area contributed by atoms with Crippen molar-refractivity contribution in [2.24, 2.45) is 10.7 Å². The molecule has 0 aliphatic carbocycles. The molecule has 0 radical (unpaired) electrons. The minimum absolute atomic E-state index is 0.362. The lowest BCUT2D eigenvalue weighted by Crippen LogP contribution is -2.00. The van der Waals surface area contributed by atoms with Gasteiger partial charge in [-0.2, -0.15) is 0 Å². The van der Waals surface area contributed by atoms with E-state index in [1.807, 2.05) is 24.3 Å². The summed E-state index contributed by atoms with van der Waals surface area (Å²) >= 11 is 5.68. The maximum absolute atomic E-state index is 5.68. The van der Waals surface area contributed by atoms with Crippen molar-refractivity contribution in [1.82, 2.24) is 0 Å². The Labute approximate surface area is 105 Å². The Kier molecular flexibility index (Phi) is 5.10. The molecule has 0 aromatic heterocycles. The molecule has 4 nitrogen and oxygen atoms in total. The van der Waals surface area contributed by atoms with Crippen LogP contribution in [-0.2, 0) is 0 Å². The number of ether oxygens (including phenoxy) is 1. The minimum Gasteiger partial charge on any atom is -0.497 e. The lowest BCUT2D eigenvalue weighted by atomic mass is 10.3. The second-order valence-corrected chi connectivity index (χ2v) is 3.60. The highest BCUT2D eigenvalue weighted by atomic mass is 35.5. The monoisotopic (exact) mass is 251 g/mol. The molecule has 5 heteroatoms. The summed E-state index contributed by atoms with van der Waals surface area (Å²) in [6, 6.07) is 7.41. The fourth-order valence-electron chi connectivity index (χ4n) is 1.18. The molecule has 3 N–H and O–H groups in total. The third-order valence-electron chi connectivity index (χ3n) is 1.85. The highest BCUT2D eigenvalue weighted by Gasteiger charge is 1.98. The highest BCUT2D eigenvalue weighted by molar-refractivity contribution is 6.30. The third-order valence-corrected chi connectivity index (χ3v) is 1.96. The lowest BCUT2D eigenvalue weighted by molar-refractivity contribution is 0.415. The summed E-state index contributed by atoms with van der Waals surface area (Å²) in [7, 11) is 1.61. The maximum atomic E-state index is 5.68. The van der Waals surface area contributed by atoms with Crippen molar-refractivity contribution in [1.29, 1.82) is 0 Å². The van der Waals surface area contributed by atoms with Crippen molar-refractivity contribution < 1.29 is 4.74 Å². The number of methoxy groups -OCH3 is 1. The first-order valence-electron chi connectivity index (χ1n) is 4.87. The van der Waals surface area contributed by atoms with Gasteiger partial charge in [-0.25, -0.2) is 4.99 Å². The first-order valence-corrected chi connectivity index (χ1v) is 5.25. The number of aliphatic imine (C=N–C) groups is 1. The van der Waals surface area contributed by atoms with E-state index >= 15 is 0 Å². The van der Waals surface area contributed by atoms with E-state index in [-0.39, 0.29) is 0 Å². The molecular formula is C12H14ClN3O. The van der Waals surface area contributed by atoms with Crippen LogP contribution in [0.4, 0.5) is 5.69 Å². The van der Waals surface area contributed by atoms with Gasteiger partial charge < -0.3 is 15.8 Å². The van der Waals surface area contributed by atoms with Crippen molar-refractivity contribution in [2.45, 2.75) is 0 Å². The topological polar surface area (TPSA) is 59.6 Å². The van der Waals surface area contributed by atoms with Gasteiger partial charge in [-0.1, -0.05) is 24.2 Å². The average Bonchev–Trinajstić information content (AvgIpc) is 2.29. The normalized spacial score (nSPS) is 11.5. The number of nitrogens with one attached hydrogen (secondary N) is 1. The Balaban J connectivity index is 2.89. The molecule has 1 aromatic carbocycles. The summed E-state index contributed by atoms with van der Waals surface area (Å²) in [6.07, 6.45) is 2.75. The van der Waals surface area contributed by atoms with E-state index in [0.717, 1.165) is 11.4 Å². The first-order chi connectivity index (χ1) is 8.15. The van der Waals surface area contributed by atoms with Gasteiger partial charge in [0, 0.05) is 16.8 Å². The summed E-state index contributed by atoms with van der Waals surface area (Å²) in [4.78, 5) is 3.93. The zero-order valence-corrected chi connectivity index (χ0v) is 10.2. The number of rotatable bonds is 5. The van der Waals surface area contributed by atoms with Crippen molar-refractivity contribution in [2.75, 3.05) is 12.4 Å². The van der Waals surface area contributed by atoms with E-state index in [2.05, 4.69) is 16.9 Å². The molecule has 0 atom stereocenters. The number of allylic oxidation sites excluding steroid dienone is 2. The van der Waals surface area contributed by atoms with Gasteiger partial charge in [0.05, 0.1) is 13.4 Å². The molecule has 17 heavy (non-hydrogen) atoms. The SMILES string of the molecule is C=C(Cl)/C=C(\N=CN)Nc1cccc(OC)c1. The van der Waals surface area contributed by atoms with E-state index < -0.39 is 0 Å². The first kappa shape index (κ1) is 13.1. The van der Waals surface area contributed by atoms with Crippen LogP contribution in [0.2, 0.25) is 0 Å². The molecule has 0 aliphatic rings. The average molecular weight is 252 g/mol. The quantitative estimate of drug-likeness (QED) is 0.481. The predicted molar refractivity (Wildman–Crippen MR) is 72.4 cm³/mol. The Bertz CT molecular complexity index is 455. The predicted octanol–water partition coefficient (Wildman–Crippen LogP) is 2.69. The van der Waals surface area contributed by atoms with E-state index in [1.54, 1.807) is 13.2 Å². The molecule has 0 unspecified atom stereocenters. The molecule has 0 saturated carbocycles. The van der Waals surface area contributed by atoms with E-state index in [0.29, 0.717) is 10.9 Å². The molecule has 0 fully saturated rings. The van der Waals surface area contributed by atoms with Crippen LogP contribution < -0.4 is 15.8 Å². The summed E-state index contributed by atoms with van der Waals surface area (Å²) in [5, 5.41) is 3.41. The lowest BCUT2D eigenvalue weighted by Gasteiger charge is -2.07. The van der Waals surface area contributed by atoms with Crippen LogP contribution in [0.5, 0.6) is 5.75 Å². The number of hydrogen-bond donors (Lipinski definition) is 2. The Hall–Kier alpha value is -1.94. The molecule has 0 amide bonds. The summed E-state index contributed by atoms with van der Waals surface area (Å²) in [5.41, 5.74) is 6.06. The second kappa shape index (κ2) is 6.60. The smallest absolute Gasteiger partial charge is 0.133 e. The molecular weight excluding hydrogens is 238 g/mol. The van der Waals surface area contributed by atoms with Crippen molar-refractivity contribution in [3.63, 3.8) is 0 Å². The fraction of sp³-hybridized carbons (Fsp3) is 0.0833. The molecule has 0 saturated heterocycles.